The average molecular weight is 238 g/mol. The highest BCUT2D eigenvalue weighted by atomic mass is 16.3. The molecular formula is C15H14N2O. The second kappa shape index (κ2) is 4.63. The number of hydrogen-bond acceptors (Lipinski definition) is 3. The van der Waals surface area contributed by atoms with Crippen molar-refractivity contribution in [3.05, 3.63) is 66.2 Å². The van der Waals surface area contributed by atoms with Crippen molar-refractivity contribution in [3.63, 3.8) is 0 Å². The van der Waals surface area contributed by atoms with Gasteiger partial charge in [-0.15, -0.1) is 0 Å². The highest BCUT2D eigenvalue weighted by Crippen LogP contribution is 2.31. The molecule has 2 aromatic heterocycles. The van der Waals surface area contributed by atoms with Gasteiger partial charge in [-0.1, -0.05) is 18.2 Å². The summed E-state index contributed by atoms with van der Waals surface area (Å²) in [6, 6.07) is 12.0. The quantitative estimate of drug-likeness (QED) is 0.763. The highest BCUT2D eigenvalue weighted by molar-refractivity contribution is 5.82. The Labute approximate surface area is 105 Å². The molecule has 3 nitrogen and oxygen atoms in total. The van der Waals surface area contributed by atoms with E-state index in [1.807, 2.05) is 36.6 Å². The van der Waals surface area contributed by atoms with Gasteiger partial charge in [-0.25, -0.2) is 0 Å². The van der Waals surface area contributed by atoms with Gasteiger partial charge in [0.05, 0.1) is 6.26 Å². The van der Waals surface area contributed by atoms with Gasteiger partial charge in [0.1, 0.15) is 5.58 Å². The Morgan fingerprint density at radius 3 is 2.67 bits per heavy atom. The fourth-order valence-corrected chi connectivity index (χ4v) is 2.31. The van der Waals surface area contributed by atoms with Gasteiger partial charge >= 0.3 is 0 Å². The van der Waals surface area contributed by atoms with Crippen LogP contribution in [0.3, 0.4) is 0 Å². The third kappa shape index (κ3) is 1.79. The van der Waals surface area contributed by atoms with Crippen molar-refractivity contribution in [1.29, 1.82) is 0 Å². The Morgan fingerprint density at radius 2 is 1.89 bits per heavy atom. The number of benzene rings is 1. The van der Waals surface area contributed by atoms with E-state index in [9.17, 15) is 0 Å². The van der Waals surface area contributed by atoms with Gasteiger partial charge in [-0.2, -0.15) is 0 Å². The summed E-state index contributed by atoms with van der Waals surface area (Å²) in [5, 5.41) is 1.13. The number of nitrogens with two attached hydrogens (primary N) is 1. The molecule has 3 heteroatoms. The van der Waals surface area contributed by atoms with Crippen LogP contribution >= 0.6 is 0 Å². The van der Waals surface area contributed by atoms with E-state index in [-0.39, 0.29) is 5.92 Å². The van der Waals surface area contributed by atoms with Crippen LogP contribution in [0, 0.1) is 0 Å². The van der Waals surface area contributed by atoms with Gasteiger partial charge in [0.2, 0.25) is 0 Å². The molecule has 0 saturated heterocycles. The molecule has 1 unspecified atom stereocenters. The van der Waals surface area contributed by atoms with Gasteiger partial charge in [0.15, 0.2) is 0 Å². The molecule has 0 aliphatic carbocycles. The van der Waals surface area contributed by atoms with E-state index in [1.165, 1.54) is 5.56 Å². The number of nitrogens with zero attached hydrogens (tertiary/aromatic N) is 1. The SMILES string of the molecule is NCC(c1ccncc1)c1coc2ccccc12. The second-order valence-electron chi connectivity index (χ2n) is 4.26. The number of fused-ring (bicyclic) bond motifs is 1. The van der Waals surface area contributed by atoms with Crippen LogP contribution in [0.25, 0.3) is 11.0 Å². The summed E-state index contributed by atoms with van der Waals surface area (Å²) in [5.41, 5.74) is 9.13. The molecule has 0 aliphatic rings. The molecule has 1 atom stereocenters. The molecule has 2 N–H and O–H groups in total. The van der Waals surface area contributed by atoms with E-state index in [2.05, 4.69) is 11.1 Å². The van der Waals surface area contributed by atoms with Gasteiger partial charge < -0.3 is 10.2 Å². The Hall–Kier alpha value is -2.13. The van der Waals surface area contributed by atoms with E-state index in [0.29, 0.717) is 6.54 Å². The minimum atomic E-state index is 0.150. The third-order valence-corrected chi connectivity index (χ3v) is 3.23. The van der Waals surface area contributed by atoms with Crippen molar-refractivity contribution in [2.45, 2.75) is 5.92 Å². The molecule has 1 aromatic carbocycles. The minimum absolute atomic E-state index is 0.150. The molecule has 0 fully saturated rings. The van der Waals surface area contributed by atoms with E-state index in [0.717, 1.165) is 16.5 Å². The zero-order chi connectivity index (χ0) is 12.4. The van der Waals surface area contributed by atoms with Crippen LogP contribution in [0.4, 0.5) is 0 Å². The van der Waals surface area contributed by atoms with Gasteiger partial charge in [-0.3, -0.25) is 4.98 Å². The maximum Gasteiger partial charge on any atom is 0.134 e. The number of hydrogen-bond donors (Lipinski definition) is 1. The van der Waals surface area contributed by atoms with Crippen molar-refractivity contribution < 1.29 is 4.42 Å². The molecule has 0 bridgehead atoms. The maximum absolute atomic E-state index is 5.92. The monoisotopic (exact) mass is 238 g/mol. The van der Waals surface area contributed by atoms with Crippen molar-refractivity contribution in [2.75, 3.05) is 6.54 Å². The molecule has 0 radical (unpaired) electrons. The number of furan rings is 1. The predicted octanol–water partition coefficient (Wildman–Crippen LogP) is 2.92. The van der Waals surface area contributed by atoms with Crippen molar-refractivity contribution in [1.82, 2.24) is 4.98 Å². The van der Waals surface area contributed by atoms with E-state index in [1.54, 1.807) is 12.4 Å². The summed E-state index contributed by atoms with van der Waals surface area (Å²) in [4.78, 5) is 4.04. The lowest BCUT2D eigenvalue weighted by Gasteiger charge is -2.13. The maximum atomic E-state index is 5.92. The molecule has 3 aromatic rings. The third-order valence-electron chi connectivity index (χ3n) is 3.23. The standard InChI is InChI=1S/C15H14N2O/c16-9-13(11-5-7-17-8-6-11)14-10-18-15-4-2-1-3-12(14)15/h1-8,10,13H,9,16H2. The molecule has 0 amide bonds. The van der Waals surface area contributed by atoms with Gasteiger partial charge in [-0.05, 0) is 23.8 Å². The van der Waals surface area contributed by atoms with Crippen LogP contribution in [0.5, 0.6) is 0 Å². The average Bonchev–Trinajstić information content (AvgIpc) is 2.85. The van der Waals surface area contributed by atoms with Crippen LogP contribution in [-0.4, -0.2) is 11.5 Å². The smallest absolute Gasteiger partial charge is 0.134 e. The largest absolute Gasteiger partial charge is 0.464 e. The topological polar surface area (TPSA) is 52.0 Å². The van der Waals surface area contributed by atoms with Crippen molar-refractivity contribution >= 4 is 11.0 Å². The predicted molar refractivity (Wildman–Crippen MR) is 71.3 cm³/mol. The Bertz CT molecular complexity index is 646. The van der Waals surface area contributed by atoms with Crippen LogP contribution in [0.2, 0.25) is 0 Å². The molecule has 18 heavy (non-hydrogen) atoms. The first kappa shape index (κ1) is 11.0. The number of rotatable bonds is 3. The Balaban J connectivity index is 2.12. The summed E-state index contributed by atoms with van der Waals surface area (Å²) in [5.74, 6) is 0.150. The van der Waals surface area contributed by atoms with Crippen LogP contribution in [0.1, 0.15) is 17.0 Å². The van der Waals surface area contributed by atoms with Gasteiger partial charge in [0, 0.05) is 35.8 Å². The molecule has 3 rings (SSSR count). The first-order valence-corrected chi connectivity index (χ1v) is 5.96. The molecule has 0 spiro atoms. The fourth-order valence-electron chi connectivity index (χ4n) is 2.31. The number of pyridine rings is 1. The lowest BCUT2D eigenvalue weighted by atomic mass is 9.92. The number of para-hydroxylation sites is 1. The van der Waals surface area contributed by atoms with Gasteiger partial charge in [0.25, 0.3) is 0 Å². The molecule has 0 saturated carbocycles. The molecule has 0 aliphatic heterocycles. The first-order valence-electron chi connectivity index (χ1n) is 5.96. The number of aromatic nitrogens is 1. The lowest BCUT2D eigenvalue weighted by Crippen LogP contribution is -2.13. The zero-order valence-corrected chi connectivity index (χ0v) is 9.91. The van der Waals surface area contributed by atoms with Crippen molar-refractivity contribution in [3.8, 4) is 0 Å². The minimum Gasteiger partial charge on any atom is -0.464 e. The fraction of sp³-hybridized carbons (Fsp3) is 0.133. The van der Waals surface area contributed by atoms with Crippen LogP contribution < -0.4 is 5.73 Å². The second-order valence-corrected chi connectivity index (χ2v) is 4.26. The highest BCUT2D eigenvalue weighted by Gasteiger charge is 2.17. The lowest BCUT2D eigenvalue weighted by molar-refractivity contribution is 0.606. The molecular weight excluding hydrogens is 224 g/mol. The Kier molecular flexibility index (Phi) is 2.82. The van der Waals surface area contributed by atoms with E-state index >= 15 is 0 Å². The molecule has 90 valence electrons. The summed E-state index contributed by atoms with van der Waals surface area (Å²) >= 11 is 0. The summed E-state index contributed by atoms with van der Waals surface area (Å²) in [6.45, 7) is 0.549. The normalized spacial score (nSPS) is 12.7. The van der Waals surface area contributed by atoms with E-state index in [4.69, 9.17) is 10.2 Å². The Morgan fingerprint density at radius 1 is 1.11 bits per heavy atom. The van der Waals surface area contributed by atoms with Crippen molar-refractivity contribution in [2.24, 2.45) is 5.73 Å². The van der Waals surface area contributed by atoms with E-state index < -0.39 is 0 Å². The van der Waals surface area contributed by atoms with Crippen LogP contribution in [-0.2, 0) is 0 Å². The molecule has 2 heterocycles. The zero-order valence-electron chi connectivity index (χ0n) is 9.91. The van der Waals surface area contributed by atoms with Crippen LogP contribution in [0.15, 0.2) is 59.5 Å². The summed E-state index contributed by atoms with van der Waals surface area (Å²) in [6.07, 6.45) is 5.39. The first-order chi connectivity index (χ1) is 8.90. The summed E-state index contributed by atoms with van der Waals surface area (Å²) < 4.78 is 5.58. The summed E-state index contributed by atoms with van der Waals surface area (Å²) in [7, 11) is 0.